The van der Waals surface area contributed by atoms with E-state index in [0.29, 0.717) is 18.9 Å². The Labute approximate surface area is 138 Å². The Hall–Kier alpha value is -3.06. The van der Waals surface area contributed by atoms with Crippen molar-refractivity contribution >= 4 is 11.6 Å². The van der Waals surface area contributed by atoms with Crippen molar-refractivity contribution < 1.29 is 9.53 Å². The van der Waals surface area contributed by atoms with E-state index in [1.165, 1.54) is 0 Å². The summed E-state index contributed by atoms with van der Waals surface area (Å²) in [6, 6.07) is 11.1. The van der Waals surface area contributed by atoms with Gasteiger partial charge in [0.1, 0.15) is 0 Å². The molecule has 0 saturated heterocycles. The molecule has 24 heavy (non-hydrogen) atoms. The second kappa shape index (κ2) is 6.21. The van der Waals surface area contributed by atoms with Crippen LogP contribution in [-0.2, 0) is 17.8 Å². The maximum atomic E-state index is 12.4. The van der Waals surface area contributed by atoms with Crippen LogP contribution in [0.15, 0.2) is 42.6 Å². The number of benzene rings is 1. The van der Waals surface area contributed by atoms with Crippen molar-refractivity contribution in [3.05, 3.63) is 59.5 Å². The van der Waals surface area contributed by atoms with Crippen molar-refractivity contribution in [1.82, 2.24) is 20.4 Å². The minimum atomic E-state index is -0.294. The molecule has 0 spiro atoms. The molecule has 7 nitrogen and oxygen atoms in total. The molecule has 0 aliphatic carbocycles. The molecular weight excluding hydrogens is 306 g/mol. The topological polar surface area (TPSA) is 92.8 Å². The Bertz CT molecular complexity index is 876. The predicted molar refractivity (Wildman–Crippen MR) is 87.4 cm³/mol. The minimum absolute atomic E-state index is 0.284. The Morgan fingerprint density at radius 3 is 3.04 bits per heavy atom. The minimum Gasteiger partial charge on any atom is -0.376 e. The Balaban J connectivity index is 1.55. The number of nitrogens with zero attached hydrogens (tertiary/aromatic N) is 3. The zero-order chi connectivity index (χ0) is 16.4. The Kier molecular flexibility index (Phi) is 3.76. The predicted octanol–water partition coefficient (Wildman–Crippen LogP) is 2.19. The number of rotatable bonds is 3. The third kappa shape index (κ3) is 2.89. The number of carbonyl (C=O) groups excluding carboxylic acids is 1. The van der Waals surface area contributed by atoms with Crippen molar-refractivity contribution in [3.8, 4) is 11.3 Å². The molecule has 7 heteroatoms. The molecule has 1 aliphatic heterocycles. The summed E-state index contributed by atoms with van der Waals surface area (Å²) in [6.07, 6.45) is 2.42. The summed E-state index contributed by atoms with van der Waals surface area (Å²) >= 11 is 0. The van der Waals surface area contributed by atoms with E-state index >= 15 is 0 Å². The average molecular weight is 321 g/mol. The SMILES string of the molecule is O=C(Nc1cccc(-c2ccn[nH]2)c1)c1cc2c(nn1)CCOC2. The second-order valence-corrected chi connectivity index (χ2v) is 5.51. The van der Waals surface area contributed by atoms with Gasteiger partial charge >= 0.3 is 0 Å². The second-order valence-electron chi connectivity index (χ2n) is 5.51. The van der Waals surface area contributed by atoms with E-state index in [0.717, 1.165) is 28.9 Å². The molecule has 4 rings (SSSR count). The molecule has 0 unspecified atom stereocenters. The maximum Gasteiger partial charge on any atom is 0.276 e. The fraction of sp³-hybridized carbons (Fsp3) is 0.176. The quantitative estimate of drug-likeness (QED) is 0.771. The van der Waals surface area contributed by atoms with E-state index in [2.05, 4.69) is 25.7 Å². The molecule has 0 bridgehead atoms. The largest absolute Gasteiger partial charge is 0.376 e. The van der Waals surface area contributed by atoms with Gasteiger partial charge in [0, 0.05) is 29.4 Å². The Morgan fingerprint density at radius 2 is 2.17 bits per heavy atom. The number of aromatic nitrogens is 4. The number of H-pyrrole nitrogens is 1. The molecule has 0 fully saturated rings. The van der Waals surface area contributed by atoms with Gasteiger partial charge in [0.05, 0.1) is 24.6 Å². The summed E-state index contributed by atoms with van der Waals surface area (Å²) in [6.45, 7) is 1.12. The van der Waals surface area contributed by atoms with Gasteiger partial charge in [-0.15, -0.1) is 5.10 Å². The number of carbonyl (C=O) groups is 1. The van der Waals surface area contributed by atoms with E-state index in [4.69, 9.17) is 4.74 Å². The first kappa shape index (κ1) is 14.5. The first-order chi connectivity index (χ1) is 11.8. The van der Waals surface area contributed by atoms with Crippen LogP contribution in [0.3, 0.4) is 0 Å². The number of hydrogen-bond acceptors (Lipinski definition) is 5. The number of hydrogen-bond donors (Lipinski definition) is 2. The molecule has 1 amide bonds. The van der Waals surface area contributed by atoms with Gasteiger partial charge in [-0.2, -0.15) is 10.2 Å². The summed E-state index contributed by atoms with van der Waals surface area (Å²) in [5.41, 5.74) is 4.62. The van der Waals surface area contributed by atoms with Gasteiger partial charge in [-0.05, 0) is 24.3 Å². The highest BCUT2D eigenvalue weighted by molar-refractivity contribution is 6.03. The lowest BCUT2D eigenvalue weighted by Crippen LogP contribution is -2.19. The molecule has 2 aromatic heterocycles. The summed E-state index contributed by atoms with van der Waals surface area (Å²) < 4.78 is 5.40. The molecular formula is C17H15N5O2. The van der Waals surface area contributed by atoms with E-state index in [1.807, 2.05) is 30.3 Å². The smallest absolute Gasteiger partial charge is 0.276 e. The van der Waals surface area contributed by atoms with Crippen LogP contribution in [0.2, 0.25) is 0 Å². The van der Waals surface area contributed by atoms with Crippen LogP contribution in [0, 0.1) is 0 Å². The fourth-order valence-electron chi connectivity index (χ4n) is 2.63. The highest BCUT2D eigenvalue weighted by atomic mass is 16.5. The molecule has 3 heterocycles. The number of anilines is 1. The summed E-state index contributed by atoms with van der Waals surface area (Å²) in [5, 5.41) is 17.8. The van der Waals surface area contributed by atoms with Gasteiger partial charge in [-0.1, -0.05) is 12.1 Å². The van der Waals surface area contributed by atoms with E-state index < -0.39 is 0 Å². The highest BCUT2D eigenvalue weighted by Gasteiger charge is 2.16. The van der Waals surface area contributed by atoms with E-state index in [9.17, 15) is 4.79 Å². The van der Waals surface area contributed by atoms with Gasteiger partial charge in [-0.25, -0.2) is 0 Å². The third-order valence-electron chi connectivity index (χ3n) is 3.87. The van der Waals surface area contributed by atoms with Crippen LogP contribution in [0.1, 0.15) is 21.7 Å². The summed E-state index contributed by atoms with van der Waals surface area (Å²) in [7, 11) is 0. The van der Waals surface area contributed by atoms with Crippen LogP contribution < -0.4 is 5.32 Å². The van der Waals surface area contributed by atoms with Crippen LogP contribution in [0.5, 0.6) is 0 Å². The molecule has 0 saturated carbocycles. The highest BCUT2D eigenvalue weighted by Crippen LogP contribution is 2.21. The fourth-order valence-corrected chi connectivity index (χ4v) is 2.63. The van der Waals surface area contributed by atoms with Crippen LogP contribution >= 0.6 is 0 Å². The van der Waals surface area contributed by atoms with Gasteiger partial charge in [0.2, 0.25) is 0 Å². The summed E-state index contributed by atoms with van der Waals surface area (Å²) in [5.74, 6) is -0.294. The van der Waals surface area contributed by atoms with Crippen molar-refractivity contribution in [2.45, 2.75) is 13.0 Å². The Morgan fingerprint density at radius 1 is 1.21 bits per heavy atom. The number of nitrogens with one attached hydrogen (secondary N) is 2. The van der Waals surface area contributed by atoms with Crippen molar-refractivity contribution in [3.63, 3.8) is 0 Å². The normalized spacial score (nSPS) is 13.3. The third-order valence-corrected chi connectivity index (χ3v) is 3.87. The maximum absolute atomic E-state index is 12.4. The van der Waals surface area contributed by atoms with E-state index in [-0.39, 0.29) is 11.6 Å². The monoisotopic (exact) mass is 321 g/mol. The van der Waals surface area contributed by atoms with Crippen LogP contribution in [-0.4, -0.2) is 32.9 Å². The molecule has 0 radical (unpaired) electrons. The first-order valence-corrected chi connectivity index (χ1v) is 7.64. The van der Waals surface area contributed by atoms with Crippen molar-refractivity contribution in [1.29, 1.82) is 0 Å². The van der Waals surface area contributed by atoms with Crippen molar-refractivity contribution in [2.75, 3.05) is 11.9 Å². The number of fused-ring (bicyclic) bond motifs is 1. The van der Waals surface area contributed by atoms with Gasteiger partial charge in [0.15, 0.2) is 5.69 Å². The first-order valence-electron chi connectivity index (χ1n) is 7.64. The summed E-state index contributed by atoms with van der Waals surface area (Å²) in [4.78, 5) is 12.4. The zero-order valence-electron chi connectivity index (χ0n) is 12.8. The van der Waals surface area contributed by atoms with Gasteiger partial charge in [-0.3, -0.25) is 9.89 Å². The average Bonchev–Trinajstić information content (AvgIpc) is 3.16. The van der Waals surface area contributed by atoms with Crippen molar-refractivity contribution in [2.24, 2.45) is 0 Å². The number of aromatic amines is 1. The molecule has 3 aromatic rings. The molecule has 2 N–H and O–H groups in total. The molecule has 1 aromatic carbocycles. The van der Waals surface area contributed by atoms with Crippen LogP contribution in [0.25, 0.3) is 11.3 Å². The molecule has 0 atom stereocenters. The number of amides is 1. The zero-order valence-corrected chi connectivity index (χ0v) is 12.8. The van der Waals surface area contributed by atoms with Crippen LogP contribution in [0.4, 0.5) is 5.69 Å². The number of ether oxygens (including phenoxy) is 1. The lowest BCUT2D eigenvalue weighted by molar-refractivity contribution is 0.101. The lowest BCUT2D eigenvalue weighted by Gasteiger charge is -2.15. The standard InChI is InChI=1S/C17H15N5O2/c23-17(16-9-12-10-24-7-5-15(12)21-22-16)19-13-3-1-2-11(8-13)14-4-6-18-20-14/h1-4,6,8-9H,5,7,10H2,(H,18,20)(H,19,23). The molecule has 120 valence electrons. The van der Waals surface area contributed by atoms with Gasteiger partial charge < -0.3 is 10.1 Å². The lowest BCUT2D eigenvalue weighted by atomic mass is 10.1. The molecule has 1 aliphatic rings. The van der Waals surface area contributed by atoms with E-state index in [1.54, 1.807) is 12.3 Å². The van der Waals surface area contributed by atoms with Gasteiger partial charge in [0.25, 0.3) is 5.91 Å².